The molecule has 0 bridgehead atoms. The quantitative estimate of drug-likeness (QED) is 0.0408. The van der Waals surface area contributed by atoms with Gasteiger partial charge in [0.1, 0.15) is 0 Å². The molecular formula is C40H85O4PS. The van der Waals surface area contributed by atoms with Crippen LogP contribution in [-0.2, 0) is 14.6 Å². The normalized spacial score (nSPS) is 12.7. The second kappa shape index (κ2) is 36.6. The minimum absolute atomic E-state index is 0.0883. The fraction of sp³-hybridized carbons (Fsp3) is 1.00. The highest BCUT2D eigenvalue weighted by atomic mass is 32.3. The lowest BCUT2D eigenvalue weighted by Crippen LogP contribution is -2.32. The maximum atomic E-state index is 10.1. The average Bonchev–Trinajstić information content (AvgIpc) is 3.02. The van der Waals surface area contributed by atoms with Crippen LogP contribution >= 0.6 is 9.24 Å². The highest BCUT2D eigenvalue weighted by Crippen LogP contribution is 2.44. The predicted molar refractivity (Wildman–Crippen MR) is 210 cm³/mol. The number of rotatable bonds is 35. The zero-order valence-corrected chi connectivity index (χ0v) is 34.0. The molecule has 0 aliphatic carbocycles. The van der Waals surface area contributed by atoms with Crippen LogP contribution in [0.1, 0.15) is 240 Å². The summed E-state index contributed by atoms with van der Waals surface area (Å²) in [5.41, 5.74) is 0. The topological polar surface area (TPSA) is 63.6 Å². The Bertz CT molecular complexity index is 673. The van der Waals surface area contributed by atoms with Crippen molar-refractivity contribution in [2.45, 2.75) is 245 Å². The van der Waals surface area contributed by atoms with Crippen molar-refractivity contribution in [3.63, 3.8) is 0 Å². The van der Waals surface area contributed by atoms with Crippen LogP contribution in [0.25, 0.3) is 0 Å². The second-order valence-electron chi connectivity index (χ2n) is 14.4. The Labute approximate surface area is 293 Å². The highest BCUT2D eigenvalue weighted by molar-refractivity contribution is 7.80. The van der Waals surface area contributed by atoms with Gasteiger partial charge in [-0.25, -0.2) is 4.18 Å². The fourth-order valence-electron chi connectivity index (χ4n) is 6.76. The van der Waals surface area contributed by atoms with E-state index in [1.165, 1.54) is 186 Å². The summed E-state index contributed by atoms with van der Waals surface area (Å²) in [6, 6.07) is 0. The molecule has 0 aliphatic heterocycles. The third-order valence-electron chi connectivity index (χ3n) is 9.85. The van der Waals surface area contributed by atoms with Crippen molar-refractivity contribution in [2.75, 3.05) is 6.61 Å². The molecule has 0 aromatic rings. The van der Waals surface area contributed by atoms with Gasteiger partial charge in [0.05, 0.1) is 6.61 Å². The molecule has 6 heteroatoms. The maximum Gasteiger partial charge on any atom is 0.397 e. The standard InChI is InChI=1S/C32H67P.C8H18O4S/c1-5-9-13-17-18-19-20-21-22-24-28-31(27-23-14-10-6-2)32(33,29-25-15-11-7-3)30-26-16-12-8-4;1-2-3-4-5-6-7-8-12-13(9,10)11/h31H,5-30,33H2,1-4H3;2-8H2,1H3,(H,9,10,11). The summed E-state index contributed by atoms with van der Waals surface area (Å²) in [5.74, 6) is 0.941. The fourth-order valence-corrected chi connectivity index (χ4v) is 7.83. The van der Waals surface area contributed by atoms with Crippen LogP contribution in [0.5, 0.6) is 0 Å². The van der Waals surface area contributed by atoms with E-state index in [4.69, 9.17) is 4.55 Å². The summed E-state index contributed by atoms with van der Waals surface area (Å²) in [6.07, 6.45) is 43.9. The van der Waals surface area contributed by atoms with Gasteiger partial charge in [0.2, 0.25) is 0 Å². The summed E-state index contributed by atoms with van der Waals surface area (Å²) in [7, 11) is -0.736. The molecule has 0 radical (unpaired) electrons. The minimum Gasteiger partial charge on any atom is -0.264 e. The predicted octanol–water partition coefficient (Wildman–Crippen LogP) is 14.6. The SMILES string of the molecule is CCCCCCCCCCCCC(CCCCCC)C(P)(CCCCCC)CCCCCC.CCCCCCCCOS(=O)(=O)O. The van der Waals surface area contributed by atoms with Crippen molar-refractivity contribution in [1.82, 2.24) is 0 Å². The van der Waals surface area contributed by atoms with Gasteiger partial charge in [-0.05, 0) is 43.2 Å². The highest BCUT2D eigenvalue weighted by Gasteiger charge is 2.32. The zero-order chi connectivity index (χ0) is 34.6. The van der Waals surface area contributed by atoms with Crippen molar-refractivity contribution in [3.05, 3.63) is 0 Å². The first-order valence-electron chi connectivity index (χ1n) is 20.6. The molecule has 2 atom stereocenters. The smallest absolute Gasteiger partial charge is 0.264 e. The maximum absolute atomic E-state index is 10.1. The molecule has 280 valence electrons. The Morgan fingerprint density at radius 3 is 1.11 bits per heavy atom. The zero-order valence-electron chi connectivity index (χ0n) is 32.1. The van der Waals surface area contributed by atoms with Crippen LogP contribution in [0, 0.1) is 5.92 Å². The van der Waals surface area contributed by atoms with Crippen LogP contribution in [-0.4, -0.2) is 24.7 Å². The largest absolute Gasteiger partial charge is 0.397 e. The number of hydrogen-bond acceptors (Lipinski definition) is 3. The molecule has 0 spiro atoms. The van der Waals surface area contributed by atoms with Gasteiger partial charge < -0.3 is 0 Å². The Morgan fingerprint density at radius 1 is 0.478 bits per heavy atom. The van der Waals surface area contributed by atoms with E-state index >= 15 is 0 Å². The average molecular weight is 693 g/mol. The second-order valence-corrected chi connectivity index (χ2v) is 16.6. The van der Waals surface area contributed by atoms with E-state index in [9.17, 15) is 8.42 Å². The lowest BCUT2D eigenvalue weighted by molar-refractivity contribution is 0.261. The van der Waals surface area contributed by atoms with Gasteiger partial charge in [0.15, 0.2) is 0 Å². The number of unbranched alkanes of at least 4 members (excludes halogenated alkanes) is 23. The van der Waals surface area contributed by atoms with Crippen LogP contribution in [0.4, 0.5) is 0 Å². The Kier molecular flexibility index (Phi) is 38.5. The Hall–Kier alpha value is 0.300. The first-order chi connectivity index (χ1) is 22.2. The van der Waals surface area contributed by atoms with Crippen molar-refractivity contribution < 1.29 is 17.2 Å². The molecule has 46 heavy (non-hydrogen) atoms. The summed E-state index contributed by atoms with van der Waals surface area (Å²) in [5, 5.41) is 0.521. The van der Waals surface area contributed by atoms with Gasteiger partial charge in [-0.1, -0.05) is 208 Å². The van der Waals surface area contributed by atoms with E-state index in [1.807, 2.05) is 0 Å². The summed E-state index contributed by atoms with van der Waals surface area (Å²) in [6.45, 7) is 11.6. The molecule has 0 saturated carbocycles. The molecule has 0 aromatic heterocycles. The van der Waals surface area contributed by atoms with Crippen LogP contribution in [0.3, 0.4) is 0 Å². The molecule has 0 saturated heterocycles. The van der Waals surface area contributed by atoms with E-state index in [2.05, 4.69) is 48.0 Å². The molecule has 0 amide bonds. The van der Waals surface area contributed by atoms with Gasteiger partial charge in [-0.2, -0.15) is 8.42 Å². The summed E-state index contributed by atoms with van der Waals surface area (Å²) >= 11 is 0. The molecule has 0 aromatic carbocycles. The summed E-state index contributed by atoms with van der Waals surface area (Å²) in [4.78, 5) is 0. The van der Waals surface area contributed by atoms with Gasteiger partial charge in [0.25, 0.3) is 0 Å². The van der Waals surface area contributed by atoms with E-state index in [0.29, 0.717) is 11.6 Å². The molecule has 0 heterocycles. The van der Waals surface area contributed by atoms with Crippen molar-refractivity contribution >= 4 is 19.6 Å². The molecule has 4 nitrogen and oxygen atoms in total. The molecule has 0 fully saturated rings. The third-order valence-corrected chi connectivity index (χ3v) is 11.4. The molecule has 2 unspecified atom stereocenters. The Balaban J connectivity index is 0. The molecule has 0 aliphatic rings. The summed E-state index contributed by atoms with van der Waals surface area (Å²) < 4.78 is 32.6. The van der Waals surface area contributed by atoms with Crippen LogP contribution < -0.4 is 0 Å². The van der Waals surface area contributed by atoms with Gasteiger partial charge >= 0.3 is 10.4 Å². The van der Waals surface area contributed by atoms with E-state index in [0.717, 1.165) is 18.8 Å². The lowest BCUT2D eigenvalue weighted by atomic mass is 9.77. The van der Waals surface area contributed by atoms with Crippen molar-refractivity contribution in [2.24, 2.45) is 5.92 Å². The van der Waals surface area contributed by atoms with E-state index in [-0.39, 0.29) is 6.61 Å². The Morgan fingerprint density at radius 2 is 0.761 bits per heavy atom. The monoisotopic (exact) mass is 693 g/mol. The number of hydrogen-bond donors (Lipinski definition) is 1. The van der Waals surface area contributed by atoms with E-state index < -0.39 is 10.4 Å². The molecule has 0 rings (SSSR count). The minimum atomic E-state index is -4.22. The van der Waals surface area contributed by atoms with Gasteiger partial charge in [-0.15, -0.1) is 9.24 Å². The van der Waals surface area contributed by atoms with Crippen molar-refractivity contribution in [1.29, 1.82) is 0 Å². The first-order valence-corrected chi connectivity index (χ1v) is 22.6. The van der Waals surface area contributed by atoms with Crippen molar-refractivity contribution in [3.8, 4) is 0 Å². The lowest BCUT2D eigenvalue weighted by Gasteiger charge is -2.39. The molecule has 1 N–H and O–H groups in total. The van der Waals surface area contributed by atoms with Crippen LogP contribution in [0.15, 0.2) is 0 Å². The first kappa shape index (κ1) is 48.4. The van der Waals surface area contributed by atoms with Gasteiger partial charge in [-0.3, -0.25) is 4.55 Å². The molecular weight excluding hydrogens is 607 g/mol. The third kappa shape index (κ3) is 35.6. The van der Waals surface area contributed by atoms with Gasteiger partial charge in [0, 0.05) is 0 Å². The van der Waals surface area contributed by atoms with E-state index in [1.54, 1.807) is 0 Å². The van der Waals surface area contributed by atoms with Crippen LogP contribution in [0.2, 0.25) is 0 Å².